The predicted octanol–water partition coefficient (Wildman–Crippen LogP) is 2.61. The molecule has 1 aromatic carbocycles. The van der Waals surface area contributed by atoms with Crippen molar-refractivity contribution in [1.82, 2.24) is 19.4 Å². The summed E-state index contributed by atoms with van der Waals surface area (Å²) in [7, 11) is -3.79. The highest BCUT2D eigenvalue weighted by atomic mass is 35.5. The summed E-state index contributed by atoms with van der Waals surface area (Å²) in [5, 5.41) is 0.0245. The molecule has 0 aromatic heterocycles. The molecule has 11 heteroatoms. The first-order chi connectivity index (χ1) is 18.6. The molecule has 1 aromatic rings. The largest absolute Gasteiger partial charge is 0.332 e. The van der Waals surface area contributed by atoms with Crippen LogP contribution in [0.15, 0.2) is 23.2 Å². The fourth-order valence-electron chi connectivity index (χ4n) is 6.93. The molecule has 5 rings (SSSR count). The third-order valence-corrected chi connectivity index (χ3v) is 11.3. The van der Waals surface area contributed by atoms with Gasteiger partial charge in [-0.15, -0.1) is 0 Å². The lowest BCUT2D eigenvalue weighted by atomic mass is 9.91. The van der Waals surface area contributed by atoms with Gasteiger partial charge in [0.2, 0.25) is 21.8 Å². The monoisotopic (exact) mass is 577 g/mol. The molecule has 3 fully saturated rings. The van der Waals surface area contributed by atoms with E-state index in [-0.39, 0.29) is 18.4 Å². The van der Waals surface area contributed by atoms with E-state index in [2.05, 4.69) is 21.3 Å². The summed E-state index contributed by atoms with van der Waals surface area (Å²) < 4.78 is 29.8. The number of piperidine rings is 1. The number of halogens is 1. The molecule has 0 radical (unpaired) electrons. The number of sulfonamides is 1. The first kappa shape index (κ1) is 28.5. The van der Waals surface area contributed by atoms with Crippen LogP contribution in [0.3, 0.4) is 0 Å². The van der Waals surface area contributed by atoms with E-state index < -0.39 is 26.5 Å². The first-order valence-electron chi connectivity index (χ1n) is 14.2. The van der Waals surface area contributed by atoms with E-state index >= 15 is 0 Å². The fourth-order valence-corrected chi connectivity index (χ4v) is 8.93. The average Bonchev–Trinajstić information content (AvgIpc) is 3.57. The summed E-state index contributed by atoms with van der Waals surface area (Å²) in [5.74, 6) is -0.494. The Hall–Kier alpha value is -2.01. The van der Waals surface area contributed by atoms with E-state index in [9.17, 15) is 18.0 Å². The zero-order valence-electron chi connectivity index (χ0n) is 22.8. The molecule has 39 heavy (non-hydrogen) atoms. The van der Waals surface area contributed by atoms with Gasteiger partial charge in [0.25, 0.3) is 0 Å². The highest BCUT2D eigenvalue weighted by Gasteiger charge is 2.48. The molecular weight excluding hydrogens is 538 g/mol. The molecule has 4 aliphatic rings. The lowest BCUT2D eigenvalue weighted by Crippen LogP contribution is -2.63. The second kappa shape index (κ2) is 11.1. The lowest BCUT2D eigenvalue weighted by molar-refractivity contribution is -0.148. The SMILES string of the molecule is C=N[C@@]1(CN2CCCC2)CCCN1C(=O)CN1CCCC(C)(NS(=O)(=O)C2CCc3cc(Cl)ccc3C2)C1=O. The van der Waals surface area contributed by atoms with Crippen molar-refractivity contribution in [3.05, 3.63) is 34.3 Å². The van der Waals surface area contributed by atoms with Crippen LogP contribution in [0.5, 0.6) is 0 Å². The zero-order valence-corrected chi connectivity index (χ0v) is 24.4. The van der Waals surface area contributed by atoms with E-state index in [1.165, 1.54) is 4.90 Å². The summed E-state index contributed by atoms with van der Waals surface area (Å²) in [4.78, 5) is 37.4. The van der Waals surface area contributed by atoms with Crippen LogP contribution in [0, 0.1) is 0 Å². The van der Waals surface area contributed by atoms with Gasteiger partial charge in [0.15, 0.2) is 0 Å². The predicted molar refractivity (Wildman–Crippen MR) is 152 cm³/mol. The minimum absolute atomic E-state index is 0.0784. The van der Waals surface area contributed by atoms with Crippen molar-refractivity contribution in [2.24, 2.45) is 4.99 Å². The smallest absolute Gasteiger partial charge is 0.244 e. The Balaban J connectivity index is 1.25. The Morgan fingerprint density at radius 3 is 2.62 bits per heavy atom. The van der Waals surface area contributed by atoms with Gasteiger partial charge in [0.1, 0.15) is 11.2 Å². The van der Waals surface area contributed by atoms with Gasteiger partial charge in [-0.3, -0.25) is 19.5 Å². The standard InChI is InChI=1S/C28H40ClN5O4S/c1-27(31-39(37,38)24-10-8-21-17-23(29)9-7-22(21)18-24)11-5-15-33(26(27)36)19-25(35)34-16-6-12-28(34,30-2)20-32-13-3-4-14-32/h7,9,17,24,31H,2-6,8,10-16,18-20H2,1H3/t24?,27?,28-/m0/s1. The van der Waals surface area contributed by atoms with Crippen molar-refractivity contribution in [3.63, 3.8) is 0 Å². The highest BCUT2D eigenvalue weighted by Crippen LogP contribution is 2.34. The molecule has 3 aliphatic heterocycles. The molecule has 3 atom stereocenters. The Kier molecular flexibility index (Phi) is 8.12. The fraction of sp³-hybridized carbons (Fsp3) is 0.679. The highest BCUT2D eigenvalue weighted by molar-refractivity contribution is 7.90. The number of nitrogens with zero attached hydrogens (tertiary/aromatic N) is 4. The molecule has 1 aliphatic carbocycles. The molecule has 9 nitrogen and oxygen atoms in total. The lowest BCUT2D eigenvalue weighted by Gasteiger charge is -2.42. The summed E-state index contributed by atoms with van der Waals surface area (Å²) >= 11 is 6.11. The van der Waals surface area contributed by atoms with Crippen molar-refractivity contribution < 1.29 is 18.0 Å². The first-order valence-corrected chi connectivity index (χ1v) is 16.1. The molecule has 3 saturated heterocycles. The topological polar surface area (TPSA) is 102 Å². The molecule has 214 valence electrons. The summed E-state index contributed by atoms with van der Waals surface area (Å²) in [5.41, 5.74) is 0.112. The number of benzene rings is 1. The van der Waals surface area contributed by atoms with Crippen LogP contribution in [0.4, 0.5) is 0 Å². The molecule has 2 unspecified atom stereocenters. The number of carbonyl (C=O) groups is 2. The Morgan fingerprint density at radius 2 is 1.87 bits per heavy atom. The minimum Gasteiger partial charge on any atom is -0.332 e. The molecule has 0 bridgehead atoms. The van der Waals surface area contributed by atoms with Crippen molar-refractivity contribution >= 4 is 40.2 Å². The van der Waals surface area contributed by atoms with E-state index in [1.54, 1.807) is 17.9 Å². The number of carbonyl (C=O) groups excluding carboxylic acids is 2. The number of fused-ring (bicyclic) bond motifs is 1. The van der Waals surface area contributed by atoms with Gasteiger partial charge in [-0.25, -0.2) is 8.42 Å². The van der Waals surface area contributed by atoms with Crippen molar-refractivity contribution in [2.75, 3.05) is 39.3 Å². The number of rotatable bonds is 8. The van der Waals surface area contributed by atoms with E-state index in [4.69, 9.17) is 11.6 Å². The summed E-state index contributed by atoms with van der Waals surface area (Å²) in [6.07, 6.45) is 6.41. The molecular formula is C28H40ClN5O4S. The van der Waals surface area contributed by atoms with E-state index in [0.717, 1.165) is 49.9 Å². The third kappa shape index (κ3) is 5.76. The van der Waals surface area contributed by atoms with Gasteiger partial charge in [0, 0.05) is 24.7 Å². The van der Waals surface area contributed by atoms with Gasteiger partial charge in [0.05, 0.1) is 11.8 Å². The van der Waals surface area contributed by atoms with Crippen molar-refractivity contribution in [2.45, 2.75) is 81.2 Å². The maximum absolute atomic E-state index is 13.7. The second-order valence-electron chi connectivity index (χ2n) is 11.9. The van der Waals surface area contributed by atoms with Crippen LogP contribution in [0.1, 0.15) is 63.0 Å². The average molecular weight is 578 g/mol. The number of aliphatic imine (C=N–C) groups is 1. The summed E-state index contributed by atoms with van der Waals surface area (Å²) in [6, 6.07) is 5.57. The number of nitrogens with one attached hydrogen (secondary N) is 1. The van der Waals surface area contributed by atoms with Gasteiger partial charge >= 0.3 is 0 Å². The maximum Gasteiger partial charge on any atom is 0.244 e. The Labute approximate surface area is 237 Å². The van der Waals surface area contributed by atoms with Gasteiger partial charge < -0.3 is 9.80 Å². The molecule has 3 heterocycles. The maximum atomic E-state index is 13.7. The van der Waals surface area contributed by atoms with E-state index in [0.29, 0.717) is 56.8 Å². The van der Waals surface area contributed by atoms with Crippen molar-refractivity contribution in [1.29, 1.82) is 0 Å². The van der Waals surface area contributed by atoms with Crippen molar-refractivity contribution in [3.8, 4) is 0 Å². The van der Waals surface area contributed by atoms with E-state index in [1.807, 2.05) is 12.1 Å². The van der Waals surface area contributed by atoms with Crippen LogP contribution >= 0.6 is 11.6 Å². The van der Waals surface area contributed by atoms with Crippen LogP contribution in [-0.4, -0.2) is 97.4 Å². The number of amides is 2. The van der Waals surface area contributed by atoms with Gasteiger partial charge in [-0.1, -0.05) is 17.7 Å². The van der Waals surface area contributed by atoms with Gasteiger partial charge in [-0.2, -0.15) is 4.72 Å². The Morgan fingerprint density at radius 1 is 1.13 bits per heavy atom. The van der Waals surface area contributed by atoms with Crippen LogP contribution in [-0.2, 0) is 32.5 Å². The molecule has 1 N–H and O–H groups in total. The quantitative estimate of drug-likeness (QED) is 0.479. The molecule has 0 saturated carbocycles. The number of likely N-dealkylation sites (tertiary alicyclic amines) is 3. The Bertz CT molecular complexity index is 1240. The number of aryl methyl sites for hydroxylation is 1. The normalized spacial score (nSPS) is 30.0. The van der Waals surface area contributed by atoms with Crippen LogP contribution in [0.2, 0.25) is 5.02 Å². The number of hydrogen-bond acceptors (Lipinski definition) is 6. The summed E-state index contributed by atoms with van der Waals surface area (Å²) in [6.45, 7) is 9.11. The second-order valence-corrected chi connectivity index (χ2v) is 14.3. The van der Waals surface area contributed by atoms with Crippen LogP contribution < -0.4 is 4.72 Å². The minimum atomic E-state index is -3.79. The molecule has 2 amide bonds. The van der Waals surface area contributed by atoms with Crippen LogP contribution in [0.25, 0.3) is 0 Å². The van der Waals surface area contributed by atoms with Gasteiger partial charge in [-0.05, 0) is 108 Å². The molecule has 0 spiro atoms. The number of hydrogen-bond donors (Lipinski definition) is 1. The third-order valence-electron chi connectivity index (χ3n) is 9.08. The zero-order chi connectivity index (χ0) is 27.8.